The zero-order valence-corrected chi connectivity index (χ0v) is 10.4. The Morgan fingerprint density at radius 2 is 2.33 bits per heavy atom. The van der Waals surface area contributed by atoms with E-state index < -0.39 is 0 Å². The standard InChI is InChI=1S/C10H19N3OS/c1-8(6-11)12(3)4-5-13-9(2)7-15-10(13)14/h7-8H,4-6,11H2,1-3H3. The van der Waals surface area contributed by atoms with E-state index >= 15 is 0 Å². The fraction of sp³-hybridized carbons (Fsp3) is 0.700. The Bertz CT molecular complexity index is 358. The van der Waals surface area contributed by atoms with Crippen molar-refractivity contribution in [2.75, 3.05) is 20.1 Å². The normalized spacial score (nSPS) is 13.4. The second-order valence-corrected chi connectivity index (χ2v) is 4.68. The third-order valence-electron chi connectivity index (χ3n) is 2.75. The zero-order chi connectivity index (χ0) is 11.4. The van der Waals surface area contributed by atoms with E-state index in [-0.39, 0.29) is 4.87 Å². The lowest BCUT2D eigenvalue weighted by Crippen LogP contribution is -2.38. The molecule has 1 heterocycles. The molecule has 1 unspecified atom stereocenters. The quantitative estimate of drug-likeness (QED) is 0.800. The van der Waals surface area contributed by atoms with Crippen LogP contribution in [0.4, 0.5) is 0 Å². The summed E-state index contributed by atoms with van der Waals surface area (Å²) >= 11 is 1.26. The van der Waals surface area contributed by atoms with Crippen LogP contribution in [0.1, 0.15) is 12.6 Å². The van der Waals surface area contributed by atoms with Gasteiger partial charge in [0.2, 0.25) is 0 Å². The Labute approximate surface area is 94.3 Å². The molecule has 1 aromatic heterocycles. The molecule has 0 amide bonds. The van der Waals surface area contributed by atoms with Crippen LogP contribution in [-0.4, -0.2) is 35.6 Å². The fourth-order valence-corrected chi connectivity index (χ4v) is 2.09. The molecule has 0 aliphatic carbocycles. The molecule has 2 N–H and O–H groups in total. The average molecular weight is 229 g/mol. The van der Waals surface area contributed by atoms with Gasteiger partial charge in [-0.1, -0.05) is 11.3 Å². The van der Waals surface area contributed by atoms with Gasteiger partial charge in [0.25, 0.3) is 0 Å². The molecule has 0 fully saturated rings. The summed E-state index contributed by atoms with van der Waals surface area (Å²) in [4.78, 5) is 13.7. The van der Waals surface area contributed by atoms with Crippen molar-refractivity contribution in [3.05, 3.63) is 20.7 Å². The Kier molecular flexibility index (Phi) is 4.50. The summed E-state index contributed by atoms with van der Waals surface area (Å²) in [5.74, 6) is 0. The molecule has 0 aliphatic rings. The highest BCUT2D eigenvalue weighted by molar-refractivity contribution is 7.07. The molecule has 0 aliphatic heterocycles. The van der Waals surface area contributed by atoms with E-state index in [1.807, 2.05) is 23.9 Å². The number of rotatable bonds is 5. The molecule has 0 saturated heterocycles. The largest absolute Gasteiger partial charge is 0.329 e. The summed E-state index contributed by atoms with van der Waals surface area (Å²) in [7, 11) is 2.03. The highest BCUT2D eigenvalue weighted by atomic mass is 32.1. The number of nitrogens with two attached hydrogens (primary N) is 1. The monoisotopic (exact) mass is 229 g/mol. The average Bonchev–Trinajstić information content (AvgIpc) is 2.54. The van der Waals surface area contributed by atoms with Crippen LogP contribution in [0.2, 0.25) is 0 Å². The van der Waals surface area contributed by atoms with Gasteiger partial charge in [0, 0.05) is 36.8 Å². The molecule has 1 atom stereocenters. The lowest BCUT2D eigenvalue weighted by Gasteiger charge is -2.23. The molecular formula is C10H19N3OS. The number of thiazole rings is 1. The first kappa shape index (κ1) is 12.4. The second-order valence-electron chi connectivity index (χ2n) is 3.86. The summed E-state index contributed by atoms with van der Waals surface area (Å²) < 4.78 is 1.81. The van der Waals surface area contributed by atoms with Crippen LogP contribution < -0.4 is 10.6 Å². The van der Waals surface area contributed by atoms with E-state index in [0.29, 0.717) is 12.6 Å². The van der Waals surface area contributed by atoms with Crippen molar-refractivity contribution >= 4 is 11.3 Å². The minimum Gasteiger partial charge on any atom is -0.329 e. The van der Waals surface area contributed by atoms with Crippen molar-refractivity contribution in [1.82, 2.24) is 9.47 Å². The van der Waals surface area contributed by atoms with Gasteiger partial charge in [-0.2, -0.15) is 0 Å². The number of hydrogen-bond acceptors (Lipinski definition) is 4. The number of aryl methyl sites for hydroxylation is 1. The van der Waals surface area contributed by atoms with Gasteiger partial charge in [-0.25, -0.2) is 0 Å². The second kappa shape index (κ2) is 5.44. The Morgan fingerprint density at radius 1 is 1.67 bits per heavy atom. The molecule has 0 saturated carbocycles. The molecule has 1 rings (SSSR count). The van der Waals surface area contributed by atoms with Gasteiger partial charge < -0.3 is 15.2 Å². The maximum absolute atomic E-state index is 11.4. The summed E-state index contributed by atoms with van der Waals surface area (Å²) in [6.45, 7) is 6.30. The SMILES string of the molecule is Cc1csc(=O)n1CCN(C)C(C)CN. The van der Waals surface area contributed by atoms with Crippen molar-refractivity contribution in [2.24, 2.45) is 5.73 Å². The molecule has 0 aromatic carbocycles. The first-order valence-electron chi connectivity index (χ1n) is 5.11. The van der Waals surface area contributed by atoms with Crippen LogP contribution in [-0.2, 0) is 6.54 Å². The predicted octanol–water partition coefficient (Wildman–Crippen LogP) is 0.497. The van der Waals surface area contributed by atoms with Crippen LogP contribution in [0.15, 0.2) is 10.2 Å². The topological polar surface area (TPSA) is 51.3 Å². The van der Waals surface area contributed by atoms with E-state index in [1.54, 1.807) is 0 Å². The zero-order valence-electron chi connectivity index (χ0n) is 9.56. The molecule has 15 heavy (non-hydrogen) atoms. The van der Waals surface area contributed by atoms with Crippen molar-refractivity contribution in [2.45, 2.75) is 26.4 Å². The number of hydrogen-bond donors (Lipinski definition) is 1. The Hall–Kier alpha value is -0.650. The van der Waals surface area contributed by atoms with Gasteiger partial charge in [-0.05, 0) is 20.9 Å². The predicted molar refractivity (Wildman–Crippen MR) is 64.5 cm³/mol. The molecular weight excluding hydrogens is 210 g/mol. The highest BCUT2D eigenvalue weighted by Crippen LogP contribution is 2.00. The van der Waals surface area contributed by atoms with Gasteiger partial charge in [-0.15, -0.1) is 0 Å². The first-order valence-corrected chi connectivity index (χ1v) is 5.99. The maximum Gasteiger partial charge on any atom is 0.307 e. The van der Waals surface area contributed by atoms with Crippen LogP contribution in [0.3, 0.4) is 0 Å². The summed E-state index contributed by atoms with van der Waals surface area (Å²) in [5.41, 5.74) is 6.61. The molecule has 0 spiro atoms. The smallest absolute Gasteiger partial charge is 0.307 e. The summed E-state index contributed by atoms with van der Waals surface area (Å²) in [6.07, 6.45) is 0. The fourth-order valence-electron chi connectivity index (χ4n) is 1.33. The molecule has 4 nitrogen and oxygen atoms in total. The van der Waals surface area contributed by atoms with Crippen molar-refractivity contribution in [3.63, 3.8) is 0 Å². The van der Waals surface area contributed by atoms with Crippen molar-refractivity contribution < 1.29 is 0 Å². The van der Waals surface area contributed by atoms with Crippen LogP contribution >= 0.6 is 11.3 Å². The lowest BCUT2D eigenvalue weighted by atomic mass is 10.3. The molecule has 0 radical (unpaired) electrons. The van der Waals surface area contributed by atoms with Crippen LogP contribution in [0.25, 0.3) is 0 Å². The third-order valence-corrected chi connectivity index (χ3v) is 3.63. The van der Waals surface area contributed by atoms with E-state index in [1.165, 1.54) is 11.3 Å². The molecule has 0 bridgehead atoms. The lowest BCUT2D eigenvalue weighted by molar-refractivity contribution is 0.251. The van der Waals surface area contributed by atoms with E-state index in [2.05, 4.69) is 11.8 Å². The van der Waals surface area contributed by atoms with Gasteiger partial charge in [0.1, 0.15) is 0 Å². The summed E-state index contributed by atoms with van der Waals surface area (Å²) in [5, 5.41) is 1.90. The van der Waals surface area contributed by atoms with E-state index in [4.69, 9.17) is 5.73 Å². The van der Waals surface area contributed by atoms with Crippen molar-refractivity contribution in [3.8, 4) is 0 Å². The van der Waals surface area contributed by atoms with Crippen molar-refractivity contribution in [1.29, 1.82) is 0 Å². The molecule has 86 valence electrons. The minimum absolute atomic E-state index is 0.126. The Balaban J connectivity index is 2.54. The maximum atomic E-state index is 11.4. The highest BCUT2D eigenvalue weighted by Gasteiger charge is 2.08. The third kappa shape index (κ3) is 3.15. The number of aromatic nitrogens is 1. The molecule has 5 heteroatoms. The number of likely N-dealkylation sites (N-methyl/N-ethyl adjacent to an activating group) is 1. The number of nitrogens with zero attached hydrogens (tertiary/aromatic N) is 2. The van der Waals surface area contributed by atoms with Gasteiger partial charge in [0.15, 0.2) is 0 Å². The van der Waals surface area contributed by atoms with Gasteiger partial charge in [0.05, 0.1) is 0 Å². The van der Waals surface area contributed by atoms with Gasteiger partial charge in [-0.3, -0.25) is 4.79 Å². The van der Waals surface area contributed by atoms with Crippen LogP contribution in [0.5, 0.6) is 0 Å². The minimum atomic E-state index is 0.126. The van der Waals surface area contributed by atoms with Crippen LogP contribution in [0, 0.1) is 6.92 Å². The first-order chi connectivity index (χ1) is 7.06. The van der Waals surface area contributed by atoms with E-state index in [0.717, 1.165) is 18.8 Å². The Morgan fingerprint density at radius 3 is 2.80 bits per heavy atom. The van der Waals surface area contributed by atoms with Gasteiger partial charge >= 0.3 is 4.87 Å². The van der Waals surface area contributed by atoms with E-state index in [9.17, 15) is 4.79 Å². The molecule has 1 aromatic rings. The summed E-state index contributed by atoms with van der Waals surface area (Å²) in [6, 6.07) is 0.361.